The van der Waals surface area contributed by atoms with Gasteiger partial charge in [0, 0.05) is 24.5 Å². The van der Waals surface area contributed by atoms with E-state index in [4.69, 9.17) is 11.5 Å². The van der Waals surface area contributed by atoms with Crippen molar-refractivity contribution < 1.29 is 48.4 Å². The van der Waals surface area contributed by atoms with E-state index < -0.39 is 29.6 Å². The maximum atomic E-state index is 11.7. The fourth-order valence-electron chi connectivity index (χ4n) is 4.22. The van der Waals surface area contributed by atoms with E-state index in [1.54, 1.807) is 0 Å². The van der Waals surface area contributed by atoms with E-state index in [1.165, 1.54) is 53.3 Å². The number of carbonyl (C=O) groups excluding carboxylic acids is 5. The molecule has 0 aromatic carbocycles. The predicted molar refractivity (Wildman–Crippen MR) is 164 cm³/mol. The van der Waals surface area contributed by atoms with Crippen molar-refractivity contribution in [1.29, 1.82) is 0 Å². The molecule has 2 aliphatic carbocycles. The van der Waals surface area contributed by atoms with Crippen LogP contribution < -0.4 is 11.5 Å². The van der Waals surface area contributed by atoms with Gasteiger partial charge in [-0.3, -0.25) is 19.6 Å². The lowest BCUT2D eigenvalue weighted by molar-refractivity contribution is -0.150. The Kier molecular flexibility index (Phi) is 19.8. The van der Waals surface area contributed by atoms with E-state index in [0.29, 0.717) is 0 Å². The Morgan fingerprint density at radius 3 is 1.30 bits per heavy atom. The molecule has 0 spiro atoms. The molecule has 0 radical (unpaired) electrons. The largest absolute Gasteiger partial charge is 0.512 e. The van der Waals surface area contributed by atoms with Crippen molar-refractivity contribution in [2.24, 2.45) is 27.4 Å². The fourth-order valence-corrected chi connectivity index (χ4v) is 4.22. The minimum atomic E-state index is -1.25. The van der Waals surface area contributed by atoms with E-state index >= 15 is 0 Å². The van der Waals surface area contributed by atoms with Crippen molar-refractivity contribution in [3.8, 4) is 0 Å². The number of esters is 3. The van der Waals surface area contributed by atoms with Gasteiger partial charge < -0.3 is 40.7 Å². The second-order valence-corrected chi connectivity index (χ2v) is 10.3. The van der Waals surface area contributed by atoms with Crippen molar-refractivity contribution in [1.82, 2.24) is 0 Å². The van der Waals surface area contributed by atoms with Crippen LogP contribution in [0.15, 0.2) is 32.6 Å². The normalized spacial score (nSPS) is 23.4. The molecule has 2 rings (SSSR count). The lowest BCUT2D eigenvalue weighted by Gasteiger charge is -2.25. The molecule has 14 heteroatoms. The second-order valence-electron chi connectivity index (χ2n) is 10.3. The van der Waals surface area contributed by atoms with Crippen LogP contribution in [-0.4, -0.2) is 98.1 Å². The molecule has 0 bridgehead atoms. The van der Waals surface area contributed by atoms with Crippen LogP contribution in [0.1, 0.15) is 72.1 Å². The van der Waals surface area contributed by atoms with Crippen LogP contribution in [0.25, 0.3) is 0 Å². The molecule has 0 aromatic heterocycles. The van der Waals surface area contributed by atoms with Crippen LogP contribution in [0.2, 0.25) is 0 Å². The summed E-state index contributed by atoms with van der Waals surface area (Å²) >= 11 is 0. The molecule has 14 nitrogen and oxygen atoms in total. The zero-order valence-corrected chi connectivity index (χ0v) is 26.5. The van der Waals surface area contributed by atoms with Gasteiger partial charge in [0.1, 0.15) is 29.0 Å². The van der Waals surface area contributed by atoms with Gasteiger partial charge in [0.15, 0.2) is 11.7 Å². The average Bonchev–Trinajstić information content (AvgIpc) is 2.99. The fraction of sp³-hybridized carbons (Fsp3) is 0.633. The number of nitrogens with two attached hydrogens (primary N) is 2. The smallest absolute Gasteiger partial charge is 0.342 e. The summed E-state index contributed by atoms with van der Waals surface area (Å²) in [4.78, 5) is 63.1. The lowest BCUT2D eigenvalue weighted by atomic mass is 9.91. The molecular weight excluding hydrogens is 576 g/mol. The number of rotatable bonds is 9. The Balaban J connectivity index is 0.000000830. The van der Waals surface area contributed by atoms with E-state index in [1.807, 2.05) is 0 Å². The Hall–Kier alpha value is -3.91. The van der Waals surface area contributed by atoms with E-state index in [0.717, 1.165) is 52.6 Å². The van der Waals surface area contributed by atoms with Gasteiger partial charge in [0.2, 0.25) is 0 Å². The van der Waals surface area contributed by atoms with Gasteiger partial charge in [-0.15, -0.1) is 0 Å². The third-order valence-corrected chi connectivity index (χ3v) is 6.98. The molecule has 6 N–H and O–H groups in total. The summed E-state index contributed by atoms with van der Waals surface area (Å²) in [6.45, 7) is 3.93. The zero-order chi connectivity index (χ0) is 33.8. The summed E-state index contributed by atoms with van der Waals surface area (Å²) < 4.78 is 13.4. The van der Waals surface area contributed by atoms with Crippen molar-refractivity contribution in [2.75, 3.05) is 21.3 Å². The molecule has 2 saturated carbocycles. The van der Waals surface area contributed by atoms with Crippen molar-refractivity contribution in [2.45, 2.75) is 96.3 Å². The molecule has 0 amide bonds. The summed E-state index contributed by atoms with van der Waals surface area (Å²) in [7, 11) is 3.58. The van der Waals surface area contributed by atoms with Gasteiger partial charge in [-0.1, -0.05) is 25.7 Å². The molecular formula is C30H48N4O10. The van der Waals surface area contributed by atoms with Gasteiger partial charge in [-0.05, 0) is 46.5 Å². The van der Waals surface area contributed by atoms with Gasteiger partial charge in [-0.2, -0.15) is 0 Å². The Morgan fingerprint density at radius 2 is 1.07 bits per heavy atom. The molecule has 0 heterocycles. The standard InChI is InChI=1S/C18H26N2O6.C6H14N2.C6H8O4/c1-11(21)13(17(23)25-3)9-19-15-7-5-6-8-16(15)20-10-14(12(2)22)18(24)26-4;7-5-3-1-2-4-6(5)8;1-4(8)5(3-7)6(9)10-2/h9-10,15-16,21-22H,5-8H2,1-4H3;5-6H,1-4,7-8H2;3,5H,1-2H3/b13-11+,14-12+,19-9?,20-10?;;/t15-,16-;5-,6-;/m11./s1. The number of allylic oxidation sites excluding steroid dienone is 2. The Labute approximate surface area is 258 Å². The maximum absolute atomic E-state index is 11.7. The number of ether oxygens (including phenoxy) is 3. The Morgan fingerprint density at radius 1 is 0.705 bits per heavy atom. The molecule has 1 unspecified atom stereocenters. The SMILES string of the molecule is COC(=O)/C(C=N[C@@H]1CCCC[C@H]1N=C/C(C(=O)OC)=C(/C)O)=C(\C)O.COC(=O)C(C=O)C(C)=O.N[C@@H]1CCCC[C@H]1N. The summed E-state index contributed by atoms with van der Waals surface area (Å²) in [5.41, 5.74) is 11.3. The number of carbonyl (C=O) groups is 5. The first-order chi connectivity index (χ1) is 20.7. The van der Waals surface area contributed by atoms with Gasteiger partial charge in [0.05, 0.1) is 33.4 Å². The highest BCUT2D eigenvalue weighted by Crippen LogP contribution is 2.24. The predicted octanol–water partition coefficient (Wildman–Crippen LogP) is 2.23. The second kappa shape index (κ2) is 21.7. The maximum Gasteiger partial charge on any atom is 0.342 e. The number of aldehydes is 1. The number of nitrogens with zero attached hydrogens (tertiary/aromatic N) is 2. The highest BCUT2D eigenvalue weighted by Gasteiger charge is 2.25. The van der Waals surface area contributed by atoms with Gasteiger partial charge >= 0.3 is 17.9 Å². The first kappa shape index (κ1) is 40.1. The minimum absolute atomic E-state index is 0.0119. The molecule has 0 aliphatic heterocycles. The number of aliphatic hydroxyl groups is 2. The molecule has 44 heavy (non-hydrogen) atoms. The van der Waals surface area contributed by atoms with Crippen LogP contribution >= 0.6 is 0 Å². The van der Waals surface area contributed by atoms with Crippen LogP contribution in [0.3, 0.4) is 0 Å². The van der Waals surface area contributed by atoms with Gasteiger partial charge in [0.25, 0.3) is 0 Å². The molecule has 248 valence electrons. The van der Waals surface area contributed by atoms with Crippen molar-refractivity contribution in [3.05, 3.63) is 22.7 Å². The summed E-state index contributed by atoms with van der Waals surface area (Å²) in [6, 6.07) is 0.140. The number of Topliss-reactive ketones (excluding diaryl/α,β-unsaturated/α-hetero) is 1. The van der Waals surface area contributed by atoms with Crippen LogP contribution in [0, 0.1) is 5.92 Å². The van der Waals surface area contributed by atoms with Crippen LogP contribution in [0.5, 0.6) is 0 Å². The average molecular weight is 625 g/mol. The third-order valence-electron chi connectivity index (χ3n) is 6.98. The molecule has 2 fully saturated rings. The number of aliphatic hydroxyl groups excluding tert-OH is 2. The highest BCUT2D eigenvalue weighted by molar-refractivity contribution is 6.11. The topological polar surface area (TPSA) is 230 Å². The number of ketones is 1. The number of hydrogen-bond donors (Lipinski definition) is 4. The first-order valence-corrected chi connectivity index (χ1v) is 14.3. The number of hydrogen-bond acceptors (Lipinski definition) is 14. The molecule has 0 aromatic rings. The van der Waals surface area contributed by atoms with Crippen molar-refractivity contribution in [3.63, 3.8) is 0 Å². The summed E-state index contributed by atoms with van der Waals surface area (Å²) in [6.07, 6.45) is 11.1. The summed E-state index contributed by atoms with van der Waals surface area (Å²) in [5, 5.41) is 19.2. The highest BCUT2D eigenvalue weighted by atomic mass is 16.5. The number of methoxy groups -OCH3 is 3. The first-order valence-electron chi connectivity index (χ1n) is 14.3. The molecule has 0 saturated heterocycles. The monoisotopic (exact) mass is 624 g/mol. The Bertz CT molecular complexity index is 1030. The molecule has 2 aliphatic rings. The summed E-state index contributed by atoms with van der Waals surface area (Å²) in [5.74, 6) is -4.24. The van der Waals surface area contributed by atoms with Crippen LogP contribution in [-0.2, 0) is 38.2 Å². The molecule has 5 atom stereocenters. The van der Waals surface area contributed by atoms with E-state index in [2.05, 4.69) is 24.2 Å². The van der Waals surface area contributed by atoms with E-state index in [9.17, 15) is 34.2 Å². The number of aliphatic imine (C=N–C) groups is 2. The lowest BCUT2D eigenvalue weighted by Crippen LogP contribution is -2.43. The third kappa shape index (κ3) is 14.5. The van der Waals surface area contributed by atoms with Crippen LogP contribution in [0.4, 0.5) is 0 Å². The van der Waals surface area contributed by atoms with E-state index in [-0.39, 0.29) is 53.1 Å². The zero-order valence-electron chi connectivity index (χ0n) is 26.5. The minimum Gasteiger partial charge on any atom is -0.512 e. The quantitative estimate of drug-likeness (QED) is 0.0550. The van der Waals surface area contributed by atoms with Crippen molar-refractivity contribution >= 4 is 42.4 Å². The van der Waals surface area contributed by atoms with Gasteiger partial charge in [-0.25, -0.2) is 9.59 Å².